The average molecular weight is 474 g/mol. The van der Waals surface area contributed by atoms with Crippen molar-refractivity contribution in [2.24, 2.45) is 0 Å². The third-order valence-corrected chi connectivity index (χ3v) is 5.82. The quantitative estimate of drug-likeness (QED) is 0.439. The van der Waals surface area contributed by atoms with Gasteiger partial charge in [-0.15, -0.1) is 0 Å². The topological polar surface area (TPSA) is 78.8 Å². The third-order valence-electron chi connectivity index (χ3n) is 5.82. The summed E-state index contributed by atoms with van der Waals surface area (Å²) in [6, 6.07) is 18.6. The van der Waals surface area contributed by atoms with Gasteiger partial charge in [0.1, 0.15) is 11.6 Å². The fourth-order valence-corrected chi connectivity index (χ4v) is 4.05. The number of amides is 1. The molecule has 1 amide bonds. The molecule has 0 unspecified atom stereocenters. The zero-order valence-corrected chi connectivity index (χ0v) is 19.0. The van der Waals surface area contributed by atoms with Crippen molar-refractivity contribution in [3.63, 3.8) is 0 Å². The van der Waals surface area contributed by atoms with E-state index in [1.165, 1.54) is 12.1 Å². The first-order valence-corrected chi connectivity index (χ1v) is 11.1. The molecule has 0 spiro atoms. The van der Waals surface area contributed by atoms with Crippen molar-refractivity contribution in [1.82, 2.24) is 9.88 Å². The molecule has 0 atom stereocenters. The number of aromatic nitrogens is 1. The number of nitrogens with zero attached hydrogens (tertiary/aromatic N) is 1. The van der Waals surface area contributed by atoms with E-state index in [9.17, 15) is 14.0 Å². The molecule has 0 fully saturated rings. The second-order valence-electron chi connectivity index (χ2n) is 8.31. The van der Waals surface area contributed by atoms with Crippen molar-refractivity contribution >= 4 is 16.8 Å². The van der Waals surface area contributed by atoms with Crippen molar-refractivity contribution in [3.05, 3.63) is 99.6 Å². The molecule has 35 heavy (non-hydrogen) atoms. The summed E-state index contributed by atoms with van der Waals surface area (Å²) in [4.78, 5) is 25.1. The second kappa shape index (κ2) is 9.50. The number of aryl methyl sites for hydroxylation is 1. The van der Waals surface area contributed by atoms with Gasteiger partial charge in [-0.25, -0.2) is 4.39 Å². The third kappa shape index (κ3) is 4.96. The molecule has 0 saturated carbocycles. The van der Waals surface area contributed by atoms with E-state index >= 15 is 0 Å². The molecule has 8 heteroatoms. The largest absolute Gasteiger partial charge is 0.484 e. The fraction of sp³-hybridized carbons (Fsp3) is 0.185. The van der Waals surface area contributed by atoms with Gasteiger partial charge in [0.25, 0.3) is 11.5 Å². The van der Waals surface area contributed by atoms with Gasteiger partial charge >= 0.3 is 0 Å². The number of nitrogens with one attached hydrogen (secondary N) is 1. The van der Waals surface area contributed by atoms with E-state index in [0.29, 0.717) is 34.9 Å². The van der Waals surface area contributed by atoms with Crippen LogP contribution < -0.4 is 25.1 Å². The Bertz CT molecular complexity index is 1480. The van der Waals surface area contributed by atoms with Crippen molar-refractivity contribution in [2.75, 3.05) is 13.4 Å². The van der Waals surface area contributed by atoms with E-state index in [4.69, 9.17) is 14.2 Å². The zero-order valence-electron chi connectivity index (χ0n) is 19.0. The van der Waals surface area contributed by atoms with Crippen LogP contribution in [0.5, 0.6) is 17.2 Å². The molecule has 0 bridgehead atoms. The van der Waals surface area contributed by atoms with Crippen molar-refractivity contribution in [3.8, 4) is 17.2 Å². The average Bonchev–Trinajstić information content (AvgIpc) is 3.32. The Kier molecular flexibility index (Phi) is 6.10. The van der Waals surface area contributed by atoms with Crippen LogP contribution in [-0.4, -0.2) is 23.9 Å². The van der Waals surface area contributed by atoms with E-state index in [-0.39, 0.29) is 37.2 Å². The van der Waals surface area contributed by atoms with Crippen LogP contribution in [0, 0.1) is 12.7 Å². The Morgan fingerprint density at radius 2 is 1.89 bits per heavy atom. The van der Waals surface area contributed by atoms with Gasteiger partial charge in [0.15, 0.2) is 18.1 Å². The number of hydrogen-bond donors (Lipinski definition) is 1. The highest BCUT2D eigenvalue weighted by molar-refractivity contribution is 5.84. The summed E-state index contributed by atoms with van der Waals surface area (Å²) in [5.41, 5.74) is 2.83. The van der Waals surface area contributed by atoms with Crippen molar-refractivity contribution < 1.29 is 23.4 Å². The molecule has 1 aliphatic heterocycles. The molecule has 2 heterocycles. The molecule has 7 nitrogen and oxygen atoms in total. The standard InChI is InChI=1S/C27H23FN2O5/c1-17-9-27(32)30(14-19-3-2-4-20(28)10-19)23-12-21(6-7-22(17)23)33-15-26(31)29-13-18-5-8-24-25(11-18)35-16-34-24/h2-12H,13-16H2,1H3,(H,29,31). The lowest BCUT2D eigenvalue weighted by Crippen LogP contribution is -2.28. The van der Waals surface area contributed by atoms with Crippen molar-refractivity contribution in [1.29, 1.82) is 0 Å². The lowest BCUT2D eigenvalue weighted by atomic mass is 10.1. The van der Waals surface area contributed by atoms with Crippen LogP contribution in [0.25, 0.3) is 10.9 Å². The smallest absolute Gasteiger partial charge is 0.258 e. The van der Waals surface area contributed by atoms with E-state index in [1.54, 1.807) is 41.0 Å². The van der Waals surface area contributed by atoms with Crippen LogP contribution in [0.15, 0.2) is 71.5 Å². The van der Waals surface area contributed by atoms with E-state index < -0.39 is 0 Å². The molecule has 1 N–H and O–H groups in total. The van der Waals surface area contributed by atoms with Gasteiger partial charge in [0.2, 0.25) is 6.79 Å². The molecule has 5 rings (SSSR count). The minimum absolute atomic E-state index is 0.185. The monoisotopic (exact) mass is 474 g/mol. The Morgan fingerprint density at radius 3 is 2.74 bits per heavy atom. The highest BCUT2D eigenvalue weighted by Gasteiger charge is 2.14. The molecule has 3 aromatic carbocycles. The number of carbonyl (C=O) groups is 1. The number of pyridine rings is 1. The first kappa shape index (κ1) is 22.5. The lowest BCUT2D eigenvalue weighted by molar-refractivity contribution is -0.123. The van der Waals surface area contributed by atoms with Gasteiger partial charge in [0.05, 0.1) is 12.1 Å². The Morgan fingerprint density at radius 1 is 1.03 bits per heavy atom. The molecule has 1 aromatic heterocycles. The maximum atomic E-state index is 13.7. The van der Waals surface area contributed by atoms with Gasteiger partial charge in [-0.2, -0.15) is 0 Å². The predicted octanol–water partition coefficient (Wildman–Crippen LogP) is 3.92. The summed E-state index contributed by atoms with van der Waals surface area (Å²) in [6.07, 6.45) is 0. The summed E-state index contributed by atoms with van der Waals surface area (Å²) >= 11 is 0. The highest BCUT2D eigenvalue weighted by Crippen LogP contribution is 2.32. The van der Waals surface area contributed by atoms with Crippen LogP contribution in [0.2, 0.25) is 0 Å². The summed E-state index contributed by atoms with van der Waals surface area (Å²) in [6.45, 7) is 2.41. The number of hydrogen-bond acceptors (Lipinski definition) is 5. The zero-order chi connectivity index (χ0) is 24.4. The Labute approximate surface area is 200 Å². The van der Waals surface area contributed by atoms with Crippen LogP contribution in [0.3, 0.4) is 0 Å². The Hall–Kier alpha value is -4.33. The van der Waals surface area contributed by atoms with Gasteiger partial charge < -0.3 is 24.1 Å². The normalized spacial score (nSPS) is 12.1. The van der Waals surface area contributed by atoms with Crippen LogP contribution in [0.4, 0.5) is 4.39 Å². The van der Waals surface area contributed by atoms with Crippen LogP contribution in [0.1, 0.15) is 16.7 Å². The van der Waals surface area contributed by atoms with Gasteiger partial charge in [-0.05, 0) is 60.0 Å². The molecular formula is C27H23FN2O5. The number of halogens is 1. The number of fused-ring (bicyclic) bond motifs is 2. The summed E-state index contributed by atoms with van der Waals surface area (Å²) in [7, 11) is 0. The maximum Gasteiger partial charge on any atom is 0.258 e. The number of benzene rings is 3. The minimum Gasteiger partial charge on any atom is -0.484 e. The highest BCUT2D eigenvalue weighted by atomic mass is 19.1. The molecule has 0 aliphatic carbocycles. The second-order valence-corrected chi connectivity index (χ2v) is 8.31. The van der Waals surface area contributed by atoms with Crippen molar-refractivity contribution in [2.45, 2.75) is 20.0 Å². The van der Waals surface area contributed by atoms with Gasteiger partial charge in [-0.1, -0.05) is 18.2 Å². The molecular weight excluding hydrogens is 451 g/mol. The fourth-order valence-electron chi connectivity index (χ4n) is 4.05. The van der Waals surface area contributed by atoms with Gasteiger partial charge in [-0.3, -0.25) is 9.59 Å². The van der Waals surface area contributed by atoms with E-state index in [0.717, 1.165) is 16.5 Å². The summed E-state index contributed by atoms with van der Waals surface area (Å²) in [5.74, 6) is 1.15. The van der Waals surface area contributed by atoms with E-state index in [1.807, 2.05) is 25.1 Å². The number of carbonyl (C=O) groups excluding carboxylic acids is 1. The lowest BCUT2D eigenvalue weighted by Gasteiger charge is -2.14. The molecule has 4 aromatic rings. The van der Waals surface area contributed by atoms with Crippen LogP contribution in [-0.2, 0) is 17.9 Å². The molecule has 178 valence electrons. The number of ether oxygens (including phenoxy) is 3. The van der Waals surface area contributed by atoms with E-state index in [2.05, 4.69) is 5.32 Å². The minimum atomic E-state index is -0.359. The Balaban J connectivity index is 1.29. The molecule has 0 saturated heterocycles. The first-order chi connectivity index (χ1) is 17.0. The molecule has 1 aliphatic rings. The van der Waals surface area contributed by atoms with Crippen LogP contribution >= 0.6 is 0 Å². The SMILES string of the molecule is Cc1cc(=O)n(Cc2cccc(F)c2)c2cc(OCC(=O)NCc3ccc4c(c3)OCO4)ccc12. The molecule has 0 radical (unpaired) electrons. The first-order valence-electron chi connectivity index (χ1n) is 11.1. The summed E-state index contributed by atoms with van der Waals surface area (Å²) in [5, 5.41) is 3.69. The van der Waals surface area contributed by atoms with Gasteiger partial charge in [0, 0.05) is 24.1 Å². The summed E-state index contributed by atoms with van der Waals surface area (Å²) < 4.78 is 31.6. The maximum absolute atomic E-state index is 13.7. The predicted molar refractivity (Wildman–Crippen MR) is 128 cm³/mol. The number of rotatable bonds is 7.